The van der Waals surface area contributed by atoms with E-state index in [0.717, 1.165) is 17.7 Å². The van der Waals surface area contributed by atoms with Crippen molar-refractivity contribution in [1.82, 2.24) is 19.4 Å². The van der Waals surface area contributed by atoms with Gasteiger partial charge < -0.3 is 19.9 Å². The zero-order valence-corrected chi connectivity index (χ0v) is 21.8. The van der Waals surface area contributed by atoms with Crippen LogP contribution < -0.4 is 10.3 Å². The quantitative estimate of drug-likeness (QED) is 0.178. The second kappa shape index (κ2) is 10.1. The second-order valence-electron chi connectivity index (χ2n) is 9.23. The van der Waals surface area contributed by atoms with Crippen LogP contribution in [0.25, 0.3) is 21.9 Å². The number of imidazole rings is 1. The molecule has 0 atom stereocenters. The van der Waals surface area contributed by atoms with E-state index in [-0.39, 0.29) is 30.4 Å². The van der Waals surface area contributed by atoms with E-state index >= 15 is 0 Å². The van der Waals surface area contributed by atoms with Crippen LogP contribution in [0.2, 0.25) is 0 Å². The van der Waals surface area contributed by atoms with Gasteiger partial charge in [0, 0.05) is 29.5 Å². The number of benzene rings is 2. The number of unbranched alkanes of at least 4 members (excludes halogenated alkanes) is 1. The van der Waals surface area contributed by atoms with Crippen molar-refractivity contribution in [1.29, 1.82) is 0 Å². The van der Waals surface area contributed by atoms with Crippen LogP contribution in [0.5, 0.6) is 11.5 Å². The van der Waals surface area contributed by atoms with E-state index in [0.29, 0.717) is 45.3 Å². The lowest BCUT2D eigenvalue weighted by atomic mass is 10.1. The van der Waals surface area contributed by atoms with Gasteiger partial charge in [-0.25, -0.2) is 14.5 Å². The zero-order chi connectivity index (χ0) is 27.9. The summed E-state index contributed by atoms with van der Waals surface area (Å²) >= 11 is 0. The third-order valence-electron chi connectivity index (χ3n) is 6.43. The fourth-order valence-electron chi connectivity index (χ4n) is 4.64. The summed E-state index contributed by atoms with van der Waals surface area (Å²) in [6.45, 7) is 2.16. The number of amides is 2. The number of nitrogens with zero attached hydrogens (tertiary/aromatic N) is 4. The van der Waals surface area contributed by atoms with Gasteiger partial charge in [0.15, 0.2) is 5.82 Å². The van der Waals surface area contributed by atoms with E-state index in [9.17, 15) is 29.0 Å². The predicted octanol–water partition coefficient (Wildman–Crippen LogP) is 3.16. The highest BCUT2D eigenvalue weighted by molar-refractivity contribution is 7.46. The number of aromatic nitrogens is 3. The second-order valence-corrected chi connectivity index (χ2v) is 10.4. The third kappa shape index (κ3) is 5.35. The average molecular weight is 551 g/mol. The van der Waals surface area contributed by atoms with Gasteiger partial charge in [-0.3, -0.25) is 24.3 Å². The molecule has 39 heavy (non-hydrogen) atoms. The molecule has 0 fully saturated rings. The van der Waals surface area contributed by atoms with Crippen LogP contribution in [0.15, 0.2) is 48.6 Å². The first-order chi connectivity index (χ1) is 18.5. The number of pyridine rings is 1. The van der Waals surface area contributed by atoms with Crippen LogP contribution in [0.1, 0.15) is 36.7 Å². The number of rotatable bonds is 9. The molecule has 3 heterocycles. The highest BCUT2D eigenvalue weighted by Crippen LogP contribution is 2.41. The summed E-state index contributed by atoms with van der Waals surface area (Å²) in [7, 11) is -4.88. The van der Waals surface area contributed by atoms with Crippen LogP contribution in [-0.4, -0.2) is 46.1 Å². The fraction of sp³-hybridized carbons (Fsp3) is 0.231. The highest BCUT2D eigenvalue weighted by atomic mass is 31.2. The molecule has 1 aliphatic rings. The Morgan fingerprint density at radius 2 is 1.77 bits per heavy atom. The van der Waals surface area contributed by atoms with Crippen LogP contribution in [0, 0.1) is 0 Å². The van der Waals surface area contributed by atoms with E-state index in [1.807, 2.05) is 17.6 Å². The number of hydrogen-bond donors (Lipinski definition) is 4. The maximum atomic E-state index is 12.1. The van der Waals surface area contributed by atoms with Crippen molar-refractivity contribution < 1.29 is 33.6 Å². The number of anilines is 1. The Kier molecular flexibility index (Phi) is 6.85. The number of imide groups is 1. The number of aromatic hydroxyl groups is 1. The van der Waals surface area contributed by atoms with Gasteiger partial charge >= 0.3 is 7.82 Å². The minimum Gasteiger partial charge on any atom is -0.508 e. The lowest BCUT2D eigenvalue weighted by Gasteiger charge is -2.16. The Morgan fingerprint density at radius 1 is 1.03 bits per heavy atom. The lowest BCUT2D eigenvalue weighted by Crippen LogP contribution is -2.29. The van der Waals surface area contributed by atoms with E-state index in [2.05, 4.69) is 4.98 Å². The first-order valence-corrected chi connectivity index (χ1v) is 13.7. The molecule has 1 aliphatic heterocycles. The standard InChI is InChI=1S/C26H26N5O7P/c1-2-3-4-21-29-24-25(30(21)14-16-12-17(32)6-8-20(16)38-39(35,36)37)18-11-15(5-7-19(18)28-26(24)27)13-31-22(33)9-10-23(31)34/h5-12,32H,2-4,13-14H2,1H3,(H2,27,28)(H2,35,36,37). The SMILES string of the molecule is CCCCc1nc2c(N)nc3ccc(CN4C(=O)C=CC4=O)cc3c2n1Cc1cc(O)ccc1OP(=O)(O)O. The minimum atomic E-state index is -4.88. The summed E-state index contributed by atoms with van der Waals surface area (Å²) in [6, 6.07) is 9.27. The molecule has 12 nitrogen and oxygen atoms in total. The molecule has 2 amide bonds. The number of fused-ring (bicyclic) bond motifs is 3. The molecule has 0 unspecified atom stereocenters. The number of phosphoric ester groups is 1. The molecule has 2 aromatic heterocycles. The van der Waals surface area contributed by atoms with E-state index in [1.165, 1.54) is 30.4 Å². The molecular weight excluding hydrogens is 525 g/mol. The van der Waals surface area contributed by atoms with Crippen molar-refractivity contribution in [2.45, 2.75) is 39.3 Å². The molecule has 0 saturated carbocycles. The van der Waals surface area contributed by atoms with Gasteiger partial charge in [0.05, 0.1) is 24.1 Å². The van der Waals surface area contributed by atoms with Gasteiger partial charge in [0.1, 0.15) is 22.8 Å². The largest absolute Gasteiger partial charge is 0.524 e. The highest BCUT2D eigenvalue weighted by Gasteiger charge is 2.25. The number of nitrogens with two attached hydrogens (primary N) is 1. The van der Waals surface area contributed by atoms with E-state index in [4.69, 9.17) is 15.2 Å². The average Bonchev–Trinajstić information content (AvgIpc) is 3.39. The molecular formula is C26H26N5O7P. The lowest BCUT2D eigenvalue weighted by molar-refractivity contribution is -0.137. The first-order valence-electron chi connectivity index (χ1n) is 12.2. The van der Waals surface area contributed by atoms with Gasteiger partial charge in [-0.2, -0.15) is 0 Å². The van der Waals surface area contributed by atoms with Crippen LogP contribution in [0.4, 0.5) is 5.82 Å². The van der Waals surface area contributed by atoms with Crippen LogP contribution in [0.3, 0.4) is 0 Å². The van der Waals surface area contributed by atoms with Crippen molar-refractivity contribution in [3.8, 4) is 11.5 Å². The van der Waals surface area contributed by atoms with Crippen molar-refractivity contribution in [2.24, 2.45) is 0 Å². The molecule has 4 aromatic rings. The zero-order valence-electron chi connectivity index (χ0n) is 20.9. The summed E-state index contributed by atoms with van der Waals surface area (Å²) in [5, 5.41) is 10.8. The van der Waals surface area contributed by atoms with Gasteiger partial charge in [0.25, 0.3) is 11.8 Å². The summed E-state index contributed by atoms with van der Waals surface area (Å²) in [6.07, 6.45) is 4.75. The summed E-state index contributed by atoms with van der Waals surface area (Å²) < 4.78 is 18.4. The Bertz CT molecular complexity index is 1690. The van der Waals surface area contributed by atoms with Crippen LogP contribution in [-0.2, 0) is 33.7 Å². The molecule has 0 radical (unpaired) electrons. The smallest absolute Gasteiger partial charge is 0.508 e. The maximum absolute atomic E-state index is 12.1. The Hall–Kier alpha value is -4.25. The first kappa shape index (κ1) is 26.4. The maximum Gasteiger partial charge on any atom is 0.524 e. The molecule has 0 aliphatic carbocycles. The molecule has 0 spiro atoms. The number of carbonyl (C=O) groups excluding carboxylic acids is 2. The summed E-state index contributed by atoms with van der Waals surface area (Å²) in [4.78, 5) is 53.5. The summed E-state index contributed by atoms with van der Waals surface area (Å²) in [5.74, 6) is -0.112. The van der Waals surface area contributed by atoms with Gasteiger partial charge in [-0.15, -0.1) is 0 Å². The number of aryl methyl sites for hydroxylation is 1. The van der Waals surface area contributed by atoms with Crippen molar-refractivity contribution >= 4 is 47.4 Å². The fourth-order valence-corrected chi connectivity index (χ4v) is 5.08. The predicted molar refractivity (Wildman–Crippen MR) is 143 cm³/mol. The Morgan fingerprint density at radius 3 is 2.46 bits per heavy atom. The van der Waals surface area contributed by atoms with Crippen molar-refractivity contribution in [2.75, 3.05) is 5.73 Å². The molecule has 0 bridgehead atoms. The normalized spacial score (nSPS) is 13.8. The van der Waals surface area contributed by atoms with Crippen molar-refractivity contribution in [3.05, 3.63) is 65.5 Å². The monoisotopic (exact) mass is 551 g/mol. The number of phenols is 1. The molecule has 2 aromatic carbocycles. The minimum absolute atomic E-state index is 0.0507. The van der Waals surface area contributed by atoms with Gasteiger partial charge in [-0.05, 0) is 42.3 Å². The van der Waals surface area contributed by atoms with Crippen LogP contribution >= 0.6 is 7.82 Å². The topological polar surface area (TPSA) is 181 Å². The van der Waals surface area contributed by atoms with E-state index in [1.54, 1.807) is 12.1 Å². The molecule has 5 rings (SSSR count). The molecule has 5 N–H and O–H groups in total. The number of carbonyl (C=O) groups is 2. The van der Waals surface area contributed by atoms with E-state index < -0.39 is 19.6 Å². The molecule has 13 heteroatoms. The number of phenolic OH excluding ortho intramolecular Hbond substituents is 1. The van der Waals surface area contributed by atoms with Gasteiger partial charge in [0.2, 0.25) is 0 Å². The third-order valence-corrected chi connectivity index (χ3v) is 6.87. The van der Waals surface area contributed by atoms with Crippen molar-refractivity contribution in [3.63, 3.8) is 0 Å². The Balaban J connectivity index is 1.69. The molecule has 202 valence electrons. The number of hydrogen-bond acceptors (Lipinski definition) is 8. The Labute approximate surface area is 222 Å². The summed E-state index contributed by atoms with van der Waals surface area (Å²) in [5.41, 5.74) is 8.93. The number of phosphoric acid groups is 1. The number of nitrogen functional groups attached to an aromatic ring is 1. The molecule has 0 saturated heterocycles. The van der Waals surface area contributed by atoms with Gasteiger partial charge in [-0.1, -0.05) is 19.4 Å².